The number of amides is 1. The molecule has 0 bridgehead atoms. The van der Waals surface area contributed by atoms with E-state index in [1.165, 1.54) is 6.42 Å². The molecule has 0 saturated heterocycles. The van der Waals surface area contributed by atoms with Crippen LogP contribution in [0.15, 0.2) is 58.6 Å². The zero-order chi connectivity index (χ0) is 20.6. The van der Waals surface area contributed by atoms with Crippen molar-refractivity contribution in [2.75, 3.05) is 0 Å². The highest BCUT2D eigenvalue weighted by molar-refractivity contribution is 9.10. The van der Waals surface area contributed by atoms with E-state index in [0.29, 0.717) is 18.3 Å². The molecular formula is C24H25BrN2O2. The van der Waals surface area contributed by atoms with E-state index in [9.17, 15) is 10.1 Å². The first-order chi connectivity index (χ1) is 14.1. The predicted molar refractivity (Wildman–Crippen MR) is 118 cm³/mol. The van der Waals surface area contributed by atoms with Crippen LogP contribution in [-0.2, 0) is 11.4 Å². The zero-order valence-electron chi connectivity index (χ0n) is 16.5. The molecule has 1 N–H and O–H groups in total. The molecule has 0 spiro atoms. The second-order valence-electron chi connectivity index (χ2n) is 7.48. The van der Waals surface area contributed by atoms with Gasteiger partial charge in [-0.25, -0.2) is 0 Å². The van der Waals surface area contributed by atoms with Crippen LogP contribution in [0.1, 0.15) is 43.7 Å². The molecule has 1 aliphatic carbocycles. The summed E-state index contributed by atoms with van der Waals surface area (Å²) in [6, 6.07) is 17.7. The van der Waals surface area contributed by atoms with Gasteiger partial charge in [0, 0.05) is 6.04 Å². The first-order valence-electron chi connectivity index (χ1n) is 9.95. The van der Waals surface area contributed by atoms with Crippen molar-refractivity contribution in [3.63, 3.8) is 0 Å². The number of nitriles is 1. The summed E-state index contributed by atoms with van der Waals surface area (Å²) in [5.74, 6) is 0.861. The standard InChI is InChI=1S/C24H25BrN2O2/c1-17-7-5-6-10-22(17)27-24(28)20(15-26)13-19-11-12-23(21(25)14-19)29-16-18-8-3-2-4-9-18/h2-4,8-9,11-14,17,22H,5-7,10,16H2,1H3,(H,27,28)/b20-13+/t17-,22-/m1/s1. The van der Waals surface area contributed by atoms with Gasteiger partial charge >= 0.3 is 0 Å². The number of nitrogens with zero attached hydrogens (tertiary/aromatic N) is 1. The fraction of sp³-hybridized carbons (Fsp3) is 0.333. The maximum Gasteiger partial charge on any atom is 0.262 e. The summed E-state index contributed by atoms with van der Waals surface area (Å²) in [7, 11) is 0. The fourth-order valence-electron chi connectivity index (χ4n) is 3.55. The zero-order valence-corrected chi connectivity index (χ0v) is 18.1. The summed E-state index contributed by atoms with van der Waals surface area (Å²) in [5.41, 5.74) is 1.98. The van der Waals surface area contributed by atoms with Crippen LogP contribution in [0.25, 0.3) is 6.08 Å². The lowest BCUT2D eigenvalue weighted by molar-refractivity contribution is -0.118. The molecule has 2 aromatic rings. The van der Waals surface area contributed by atoms with E-state index in [-0.39, 0.29) is 17.5 Å². The number of hydrogen-bond donors (Lipinski definition) is 1. The summed E-state index contributed by atoms with van der Waals surface area (Å²) in [6.45, 7) is 2.63. The molecule has 1 aliphatic rings. The Morgan fingerprint density at radius 1 is 1.24 bits per heavy atom. The van der Waals surface area contributed by atoms with Crippen LogP contribution < -0.4 is 10.1 Å². The molecule has 1 fully saturated rings. The molecule has 150 valence electrons. The van der Waals surface area contributed by atoms with Gasteiger partial charge in [-0.05, 0) is 64.0 Å². The Kier molecular flexibility index (Phi) is 7.48. The lowest BCUT2D eigenvalue weighted by Crippen LogP contribution is -2.41. The lowest BCUT2D eigenvalue weighted by Gasteiger charge is -2.29. The van der Waals surface area contributed by atoms with Crippen molar-refractivity contribution in [2.24, 2.45) is 5.92 Å². The number of rotatable bonds is 6. The van der Waals surface area contributed by atoms with E-state index >= 15 is 0 Å². The van der Waals surface area contributed by atoms with Crippen LogP contribution in [-0.4, -0.2) is 11.9 Å². The summed E-state index contributed by atoms with van der Waals surface area (Å²) in [4.78, 5) is 12.6. The second-order valence-corrected chi connectivity index (χ2v) is 8.33. The van der Waals surface area contributed by atoms with Crippen molar-refractivity contribution in [1.29, 1.82) is 5.26 Å². The summed E-state index contributed by atoms with van der Waals surface area (Å²) in [6.07, 6.45) is 6.05. The van der Waals surface area contributed by atoms with Crippen LogP contribution in [0.2, 0.25) is 0 Å². The van der Waals surface area contributed by atoms with Crippen LogP contribution in [0.4, 0.5) is 0 Å². The summed E-state index contributed by atoms with van der Waals surface area (Å²) >= 11 is 3.52. The third-order valence-electron chi connectivity index (χ3n) is 5.30. The average Bonchev–Trinajstić information content (AvgIpc) is 2.73. The Balaban J connectivity index is 1.66. The van der Waals surface area contributed by atoms with Gasteiger partial charge in [0.25, 0.3) is 5.91 Å². The van der Waals surface area contributed by atoms with E-state index in [4.69, 9.17) is 4.74 Å². The lowest BCUT2D eigenvalue weighted by atomic mass is 9.86. The van der Waals surface area contributed by atoms with Gasteiger partial charge in [0.05, 0.1) is 4.47 Å². The molecule has 1 amide bonds. The molecule has 1 saturated carbocycles. The molecule has 2 atom stereocenters. The average molecular weight is 453 g/mol. The van der Waals surface area contributed by atoms with E-state index in [1.807, 2.05) is 54.6 Å². The molecule has 29 heavy (non-hydrogen) atoms. The van der Waals surface area contributed by atoms with Crippen molar-refractivity contribution >= 4 is 27.9 Å². The monoisotopic (exact) mass is 452 g/mol. The topological polar surface area (TPSA) is 62.1 Å². The van der Waals surface area contributed by atoms with Gasteiger partial charge in [0.15, 0.2) is 0 Å². The molecule has 2 aromatic carbocycles. The normalized spacial score (nSPS) is 19.3. The molecule has 0 radical (unpaired) electrons. The molecule has 0 aliphatic heterocycles. The quantitative estimate of drug-likeness (QED) is 0.456. The second kappa shape index (κ2) is 10.3. The van der Waals surface area contributed by atoms with E-state index < -0.39 is 0 Å². The third-order valence-corrected chi connectivity index (χ3v) is 5.92. The van der Waals surface area contributed by atoms with E-state index in [1.54, 1.807) is 6.08 Å². The van der Waals surface area contributed by atoms with E-state index in [2.05, 4.69) is 28.2 Å². The maximum atomic E-state index is 12.6. The third kappa shape index (κ3) is 5.95. The van der Waals surface area contributed by atoms with Gasteiger partial charge in [-0.15, -0.1) is 0 Å². The highest BCUT2D eigenvalue weighted by Gasteiger charge is 2.24. The first-order valence-corrected chi connectivity index (χ1v) is 10.7. The largest absolute Gasteiger partial charge is 0.488 e. The molecule has 4 nitrogen and oxygen atoms in total. The molecule has 5 heteroatoms. The smallest absolute Gasteiger partial charge is 0.262 e. The minimum Gasteiger partial charge on any atom is -0.488 e. The molecule has 0 aromatic heterocycles. The maximum absolute atomic E-state index is 12.6. The van der Waals surface area contributed by atoms with Crippen LogP contribution in [0.5, 0.6) is 5.75 Å². The fourth-order valence-corrected chi connectivity index (χ4v) is 4.06. The Morgan fingerprint density at radius 3 is 2.69 bits per heavy atom. The van der Waals surface area contributed by atoms with Crippen molar-refractivity contribution < 1.29 is 9.53 Å². The minimum atomic E-state index is -0.299. The van der Waals surface area contributed by atoms with Crippen LogP contribution in [0.3, 0.4) is 0 Å². The van der Waals surface area contributed by atoms with E-state index in [0.717, 1.165) is 34.9 Å². The molecule has 3 rings (SSSR count). The SMILES string of the molecule is C[C@@H]1CCCC[C@H]1NC(=O)/C(C#N)=C/c1ccc(OCc2ccccc2)c(Br)c1. The van der Waals surface area contributed by atoms with Crippen molar-refractivity contribution in [1.82, 2.24) is 5.32 Å². The predicted octanol–water partition coefficient (Wildman–Crippen LogP) is 5.63. The van der Waals surface area contributed by atoms with Crippen molar-refractivity contribution in [2.45, 2.75) is 45.3 Å². The number of carbonyl (C=O) groups excluding carboxylic acids is 1. The summed E-state index contributed by atoms with van der Waals surface area (Å²) in [5, 5.41) is 12.5. The number of nitrogens with one attached hydrogen (secondary N) is 1. The number of carbonyl (C=O) groups is 1. The van der Waals surface area contributed by atoms with Crippen LogP contribution in [0, 0.1) is 17.2 Å². The minimum absolute atomic E-state index is 0.118. The Morgan fingerprint density at radius 2 is 2.00 bits per heavy atom. The number of halogens is 1. The van der Waals surface area contributed by atoms with Gasteiger partial charge in [0.2, 0.25) is 0 Å². The van der Waals surface area contributed by atoms with Gasteiger partial charge in [0.1, 0.15) is 24.0 Å². The van der Waals surface area contributed by atoms with Gasteiger partial charge in [-0.2, -0.15) is 5.26 Å². The number of benzene rings is 2. The Hall–Kier alpha value is -2.58. The van der Waals surface area contributed by atoms with Gasteiger partial charge < -0.3 is 10.1 Å². The highest BCUT2D eigenvalue weighted by Crippen LogP contribution is 2.28. The van der Waals surface area contributed by atoms with Gasteiger partial charge in [-0.1, -0.05) is 56.2 Å². The molecule has 0 heterocycles. The number of hydrogen-bond acceptors (Lipinski definition) is 3. The molecule has 0 unspecified atom stereocenters. The van der Waals surface area contributed by atoms with Gasteiger partial charge in [-0.3, -0.25) is 4.79 Å². The van der Waals surface area contributed by atoms with Crippen LogP contribution >= 0.6 is 15.9 Å². The summed E-state index contributed by atoms with van der Waals surface area (Å²) < 4.78 is 6.64. The Labute approximate surface area is 180 Å². The first kappa shape index (κ1) is 21.1. The Bertz CT molecular complexity index is 918. The molecular weight excluding hydrogens is 428 g/mol. The highest BCUT2D eigenvalue weighted by atomic mass is 79.9. The van der Waals surface area contributed by atoms with Crippen molar-refractivity contribution in [3.8, 4) is 11.8 Å². The number of ether oxygens (including phenoxy) is 1. The van der Waals surface area contributed by atoms with Crippen molar-refractivity contribution in [3.05, 3.63) is 69.7 Å².